The van der Waals surface area contributed by atoms with E-state index in [2.05, 4.69) is 4.98 Å². The van der Waals surface area contributed by atoms with Crippen LogP contribution < -0.4 is 4.90 Å². The second-order valence-corrected chi connectivity index (χ2v) is 6.19. The second kappa shape index (κ2) is 5.29. The standard InChI is InChI=1S/C15H14N2O3S/c1-9-16-8-13(21-9)14(18)17-6-2-3-10-7-11(15(19)20)4-5-12(10)17/h4-5,7-8H,2-3,6H2,1H3,(H,19,20). The van der Waals surface area contributed by atoms with Crippen molar-refractivity contribution >= 4 is 28.9 Å². The van der Waals surface area contributed by atoms with Crippen molar-refractivity contribution in [2.45, 2.75) is 19.8 Å². The molecule has 1 amide bonds. The third-order valence-corrected chi connectivity index (χ3v) is 4.42. The zero-order valence-electron chi connectivity index (χ0n) is 11.5. The maximum Gasteiger partial charge on any atom is 0.335 e. The van der Waals surface area contributed by atoms with Gasteiger partial charge in [-0.15, -0.1) is 11.3 Å². The number of rotatable bonds is 2. The Labute approximate surface area is 125 Å². The highest BCUT2D eigenvalue weighted by Crippen LogP contribution is 2.30. The van der Waals surface area contributed by atoms with Gasteiger partial charge in [0.05, 0.1) is 16.8 Å². The fraction of sp³-hybridized carbons (Fsp3) is 0.267. The zero-order chi connectivity index (χ0) is 15.0. The highest BCUT2D eigenvalue weighted by molar-refractivity contribution is 7.13. The molecule has 0 fully saturated rings. The number of benzene rings is 1. The van der Waals surface area contributed by atoms with Crippen LogP contribution in [0.5, 0.6) is 0 Å². The molecule has 1 aliphatic heterocycles. The molecule has 108 valence electrons. The molecule has 0 spiro atoms. The number of hydrogen-bond donors (Lipinski definition) is 1. The molecule has 0 saturated heterocycles. The lowest BCUT2D eigenvalue weighted by atomic mass is 9.99. The van der Waals surface area contributed by atoms with Gasteiger partial charge in [-0.25, -0.2) is 9.78 Å². The molecule has 0 unspecified atom stereocenters. The summed E-state index contributed by atoms with van der Waals surface area (Å²) in [6, 6.07) is 4.93. The molecule has 1 aromatic heterocycles. The van der Waals surface area contributed by atoms with Crippen LogP contribution in [0.3, 0.4) is 0 Å². The van der Waals surface area contributed by atoms with Gasteiger partial charge in [0.2, 0.25) is 0 Å². The van der Waals surface area contributed by atoms with E-state index in [4.69, 9.17) is 5.11 Å². The number of hydrogen-bond acceptors (Lipinski definition) is 4. The van der Waals surface area contributed by atoms with Gasteiger partial charge < -0.3 is 10.0 Å². The summed E-state index contributed by atoms with van der Waals surface area (Å²) in [7, 11) is 0. The fourth-order valence-electron chi connectivity index (χ4n) is 2.53. The number of aromatic carboxylic acids is 1. The van der Waals surface area contributed by atoms with Crippen molar-refractivity contribution in [3.8, 4) is 0 Å². The number of carboxylic acid groups (broad SMARTS) is 1. The largest absolute Gasteiger partial charge is 0.478 e. The van der Waals surface area contributed by atoms with Gasteiger partial charge in [0.25, 0.3) is 5.91 Å². The molecule has 21 heavy (non-hydrogen) atoms. The van der Waals surface area contributed by atoms with Crippen LogP contribution >= 0.6 is 11.3 Å². The fourth-order valence-corrected chi connectivity index (χ4v) is 3.26. The Kier molecular flexibility index (Phi) is 3.47. The Morgan fingerprint density at radius 3 is 2.86 bits per heavy atom. The molecule has 0 atom stereocenters. The van der Waals surface area contributed by atoms with E-state index in [9.17, 15) is 9.59 Å². The molecule has 0 bridgehead atoms. The maximum atomic E-state index is 12.6. The van der Waals surface area contributed by atoms with Crippen LogP contribution in [-0.4, -0.2) is 28.5 Å². The first-order chi connectivity index (χ1) is 10.1. The summed E-state index contributed by atoms with van der Waals surface area (Å²) in [6.45, 7) is 2.51. The predicted molar refractivity (Wildman–Crippen MR) is 80.2 cm³/mol. The molecule has 1 aliphatic rings. The van der Waals surface area contributed by atoms with Crippen molar-refractivity contribution in [3.63, 3.8) is 0 Å². The minimum atomic E-state index is -0.945. The number of thiazole rings is 1. The molecule has 0 aliphatic carbocycles. The lowest BCUT2D eigenvalue weighted by Gasteiger charge is -2.29. The number of aryl methyl sites for hydroxylation is 2. The third-order valence-electron chi connectivity index (χ3n) is 3.52. The van der Waals surface area contributed by atoms with E-state index in [0.717, 1.165) is 29.1 Å². The van der Waals surface area contributed by atoms with E-state index in [-0.39, 0.29) is 11.5 Å². The Morgan fingerprint density at radius 2 is 2.19 bits per heavy atom. The van der Waals surface area contributed by atoms with Crippen LogP contribution in [0.1, 0.15) is 37.0 Å². The predicted octanol–water partition coefficient (Wildman–Crippen LogP) is 2.74. The Bertz CT molecular complexity index is 723. The summed E-state index contributed by atoms with van der Waals surface area (Å²) >= 11 is 1.38. The number of carbonyl (C=O) groups is 2. The van der Waals surface area contributed by atoms with Gasteiger partial charge in [-0.2, -0.15) is 0 Å². The van der Waals surface area contributed by atoms with Crippen LogP contribution in [0.2, 0.25) is 0 Å². The number of carbonyl (C=O) groups excluding carboxylic acids is 1. The van der Waals surface area contributed by atoms with E-state index in [1.54, 1.807) is 29.3 Å². The molecular formula is C15H14N2O3S. The smallest absolute Gasteiger partial charge is 0.335 e. The molecule has 3 rings (SSSR count). The molecule has 5 nitrogen and oxygen atoms in total. The molecule has 6 heteroatoms. The quantitative estimate of drug-likeness (QED) is 0.926. The Morgan fingerprint density at radius 1 is 1.38 bits per heavy atom. The van der Waals surface area contributed by atoms with Crippen molar-refractivity contribution in [2.75, 3.05) is 11.4 Å². The van der Waals surface area contributed by atoms with E-state index in [1.807, 2.05) is 6.92 Å². The highest BCUT2D eigenvalue weighted by Gasteiger charge is 2.25. The second-order valence-electron chi connectivity index (χ2n) is 4.95. The first kappa shape index (κ1) is 13.8. The first-order valence-electron chi connectivity index (χ1n) is 6.67. The van der Waals surface area contributed by atoms with Crippen molar-refractivity contribution < 1.29 is 14.7 Å². The van der Waals surface area contributed by atoms with Gasteiger partial charge in [-0.05, 0) is 43.5 Å². The Hall–Kier alpha value is -2.21. The molecule has 1 N–H and O–H groups in total. The van der Waals surface area contributed by atoms with E-state index < -0.39 is 5.97 Å². The van der Waals surface area contributed by atoms with Gasteiger partial charge in [0, 0.05) is 12.2 Å². The Balaban J connectivity index is 1.97. The third kappa shape index (κ3) is 2.54. The molecule has 0 saturated carbocycles. The van der Waals surface area contributed by atoms with Crippen molar-refractivity contribution in [1.29, 1.82) is 0 Å². The van der Waals surface area contributed by atoms with Crippen molar-refractivity contribution in [2.24, 2.45) is 0 Å². The molecule has 1 aromatic carbocycles. The molecule has 0 radical (unpaired) electrons. The summed E-state index contributed by atoms with van der Waals surface area (Å²) in [4.78, 5) is 30.1. The van der Waals surface area contributed by atoms with Crippen LogP contribution in [0, 0.1) is 6.92 Å². The highest BCUT2D eigenvalue weighted by atomic mass is 32.1. The summed E-state index contributed by atoms with van der Waals surface area (Å²) in [5, 5.41) is 9.91. The molecule has 2 aromatic rings. The SMILES string of the molecule is Cc1ncc(C(=O)N2CCCc3cc(C(=O)O)ccc32)s1. The van der Waals surface area contributed by atoms with Crippen LogP contribution in [-0.2, 0) is 6.42 Å². The van der Waals surface area contributed by atoms with Crippen molar-refractivity contribution in [3.05, 3.63) is 45.4 Å². The minimum absolute atomic E-state index is 0.0652. The van der Waals surface area contributed by atoms with E-state index in [0.29, 0.717) is 11.4 Å². The molecule has 2 heterocycles. The minimum Gasteiger partial charge on any atom is -0.478 e. The van der Waals surface area contributed by atoms with Crippen LogP contribution in [0.15, 0.2) is 24.4 Å². The van der Waals surface area contributed by atoms with Gasteiger partial charge in [0.15, 0.2) is 0 Å². The lowest BCUT2D eigenvalue weighted by molar-refractivity contribution is 0.0696. The lowest BCUT2D eigenvalue weighted by Crippen LogP contribution is -2.35. The summed E-state index contributed by atoms with van der Waals surface area (Å²) in [5.74, 6) is -1.01. The van der Waals surface area contributed by atoms with Crippen molar-refractivity contribution in [1.82, 2.24) is 4.98 Å². The van der Waals surface area contributed by atoms with Gasteiger partial charge in [0.1, 0.15) is 4.88 Å². The monoisotopic (exact) mass is 302 g/mol. The zero-order valence-corrected chi connectivity index (χ0v) is 12.3. The number of fused-ring (bicyclic) bond motifs is 1. The summed E-state index contributed by atoms with van der Waals surface area (Å²) < 4.78 is 0. The van der Waals surface area contributed by atoms with Crippen LogP contribution in [0.25, 0.3) is 0 Å². The van der Waals surface area contributed by atoms with Gasteiger partial charge in [-0.3, -0.25) is 4.79 Å². The first-order valence-corrected chi connectivity index (χ1v) is 7.48. The van der Waals surface area contributed by atoms with Gasteiger partial charge in [-0.1, -0.05) is 0 Å². The number of aromatic nitrogens is 1. The number of anilines is 1. The summed E-state index contributed by atoms with van der Waals surface area (Å²) in [6.07, 6.45) is 3.23. The average Bonchev–Trinajstić information content (AvgIpc) is 2.91. The normalized spacial score (nSPS) is 13.9. The number of amides is 1. The molecular weight excluding hydrogens is 288 g/mol. The van der Waals surface area contributed by atoms with E-state index in [1.165, 1.54) is 11.3 Å². The van der Waals surface area contributed by atoms with Crippen LogP contribution in [0.4, 0.5) is 5.69 Å². The van der Waals surface area contributed by atoms with E-state index >= 15 is 0 Å². The average molecular weight is 302 g/mol. The maximum absolute atomic E-state index is 12.6. The topological polar surface area (TPSA) is 70.5 Å². The number of carboxylic acids is 1. The summed E-state index contributed by atoms with van der Waals surface area (Å²) in [5.41, 5.74) is 1.98. The number of nitrogens with zero attached hydrogens (tertiary/aromatic N) is 2. The van der Waals surface area contributed by atoms with Gasteiger partial charge >= 0.3 is 5.97 Å².